The SMILES string of the molecule is CCCOC1C(NCC)CC1Oc1c(F)cc(F)cc1Br. The summed E-state index contributed by atoms with van der Waals surface area (Å²) >= 11 is 3.14. The smallest absolute Gasteiger partial charge is 0.169 e. The van der Waals surface area contributed by atoms with Crippen LogP contribution >= 0.6 is 15.9 Å². The maximum atomic E-state index is 13.8. The van der Waals surface area contributed by atoms with Gasteiger partial charge >= 0.3 is 0 Å². The van der Waals surface area contributed by atoms with Crippen LogP contribution in [0.15, 0.2) is 16.6 Å². The average Bonchev–Trinajstić information content (AvgIpc) is 2.40. The van der Waals surface area contributed by atoms with E-state index in [2.05, 4.69) is 21.2 Å². The fraction of sp³-hybridized carbons (Fsp3) is 0.600. The summed E-state index contributed by atoms with van der Waals surface area (Å²) < 4.78 is 38.7. The van der Waals surface area contributed by atoms with Gasteiger partial charge in [0.1, 0.15) is 18.0 Å². The quantitative estimate of drug-likeness (QED) is 0.801. The maximum absolute atomic E-state index is 13.8. The zero-order chi connectivity index (χ0) is 15.4. The molecule has 1 saturated carbocycles. The van der Waals surface area contributed by atoms with Crippen LogP contribution in [-0.2, 0) is 4.74 Å². The van der Waals surface area contributed by atoms with Crippen molar-refractivity contribution in [3.63, 3.8) is 0 Å². The van der Waals surface area contributed by atoms with Crippen molar-refractivity contribution in [2.45, 2.75) is 44.9 Å². The lowest BCUT2D eigenvalue weighted by Gasteiger charge is -2.44. The Morgan fingerprint density at radius 1 is 1.33 bits per heavy atom. The van der Waals surface area contributed by atoms with E-state index in [-0.39, 0.29) is 28.5 Å². The first-order chi connectivity index (χ1) is 10.1. The number of rotatable bonds is 7. The Kier molecular flexibility index (Phi) is 5.96. The lowest BCUT2D eigenvalue weighted by atomic mass is 9.85. The highest BCUT2D eigenvalue weighted by Crippen LogP contribution is 2.35. The molecule has 1 aliphatic rings. The molecule has 0 bridgehead atoms. The molecule has 0 heterocycles. The highest BCUT2D eigenvalue weighted by atomic mass is 79.9. The topological polar surface area (TPSA) is 30.5 Å². The van der Waals surface area contributed by atoms with Gasteiger partial charge in [-0.3, -0.25) is 0 Å². The van der Waals surface area contributed by atoms with Gasteiger partial charge in [0.05, 0.1) is 4.47 Å². The molecule has 1 aromatic carbocycles. The maximum Gasteiger partial charge on any atom is 0.169 e. The number of halogens is 3. The van der Waals surface area contributed by atoms with E-state index in [4.69, 9.17) is 9.47 Å². The summed E-state index contributed by atoms with van der Waals surface area (Å²) in [5.41, 5.74) is 0. The summed E-state index contributed by atoms with van der Waals surface area (Å²) in [6, 6.07) is 2.23. The second kappa shape index (κ2) is 7.51. The Hall–Kier alpha value is -0.720. The number of ether oxygens (including phenoxy) is 2. The van der Waals surface area contributed by atoms with Crippen molar-refractivity contribution < 1.29 is 18.3 Å². The Balaban J connectivity index is 2.05. The van der Waals surface area contributed by atoms with Gasteiger partial charge in [-0.05, 0) is 35.0 Å². The third-order valence-electron chi connectivity index (χ3n) is 3.46. The van der Waals surface area contributed by atoms with Crippen molar-refractivity contribution in [3.05, 3.63) is 28.2 Å². The van der Waals surface area contributed by atoms with Gasteiger partial charge in [0.2, 0.25) is 0 Å². The molecular formula is C15H20BrF2NO2. The van der Waals surface area contributed by atoms with Gasteiger partial charge in [-0.2, -0.15) is 0 Å². The van der Waals surface area contributed by atoms with E-state index in [1.165, 1.54) is 6.07 Å². The average molecular weight is 364 g/mol. The third-order valence-corrected chi connectivity index (χ3v) is 4.05. The third kappa shape index (κ3) is 3.93. The van der Waals surface area contributed by atoms with Crippen molar-refractivity contribution in [2.24, 2.45) is 0 Å². The molecule has 0 radical (unpaired) electrons. The van der Waals surface area contributed by atoms with Gasteiger partial charge in [-0.1, -0.05) is 13.8 Å². The minimum Gasteiger partial charge on any atom is -0.483 e. The van der Waals surface area contributed by atoms with Gasteiger partial charge < -0.3 is 14.8 Å². The highest BCUT2D eigenvalue weighted by molar-refractivity contribution is 9.10. The summed E-state index contributed by atoms with van der Waals surface area (Å²) in [5.74, 6) is -1.30. The molecule has 1 aliphatic carbocycles. The summed E-state index contributed by atoms with van der Waals surface area (Å²) in [6.07, 6.45) is 1.32. The minimum atomic E-state index is -0.706. The van der Waals surface area contributed by atoms with Crippen molar-refractivity contribution in [1.29, 1.82) is 0 Å². The fourth-order valence-corrected chi connectivity index (χ4v) is 2.93. The highest BCUT2D eigenvalue weighted by Gasteiger charge is 2.43. The van der Waals surface area contributed by atoms with Crippen molar-refractivity contribution in [1.82, 2.24) is 5.32 Å². The molecule has 3 nitrogen and oxygen atoms in total. The molecule has 2 rings (SSSR count). The van der Waals surface area contributed by atoms with E-state index >= 15 is 0 Å². The van der Waals surface area contributed by atoms with Crippen LogP contribution in [0.4, 0.5) is 8.78 Å². The molecule has 118 valence electrons. The van der Waals surface area contributed by atoms with Gasteiger partial charge in [0.25, 0.3) is 0 Å². The normalized spacial score (nSPS) is 24.7. The van der Waals surface area contributed by atoms with Gasteiger partial charge in [-0.15, -0.1) is 0 Å². The summed E-state index contributed by atoms with van der Waals surface area (Å²) in [6.45, 7) is 5.55. The van der Waals surface area contributed by atoms with Crippen LogP contribution in [0, 0.1) is 11.6 Å². The molecule has 0 aromatic heterocycles. The monoisotopic (exact) mass is 363 g/mol. The van der Waals surface area contributed by atoms with E-state index in [1.807, 2.05) is 13.8 Å². The lowest BCUT2D eigenvalue weighted by Crippen LogP contribution is -2.61. The van der Waals surface area contributed by atoms with E-state index in [9.17, 15) is 8.78 Å². The van der Waals surface area contributed by atoms with Crippen LogP contribution in [-0.4, -0.2) is 31.4 Å². The first-order valence-electron chi connectivity index (χ1n) is 7.23. The Morgan fingerprint density at radius 3 is 2.71 bits per heavy atom. The van der Waals surface area contributed by atoms with Crippen LogP contribution in [0.1, 0.15) is 26.7 Å². The molecule has 1 N–H and O–H groups in total. The minimum absolute atomic E-state index is 0.0430. The zero-order valence-electron chi connectivity index (χ0n) is 12.2. The lowest BCUT2D eigenvalue weighted by molar-refractivity contribution is -0.108. The standard InChI is InChI=1S/C15H20BrF2NO2/c1-3-5-20-15-12(19-4-2)8-13(15)21-14-10(16)6-9(17)7-11(14)18/h6-7,12-13,15,19H,3-5,8H2,1-2H3. The molecule has 21 heavy (non-hydrogen) atoms. The van der Waals surface area contributed by atoms with Crippen molar-refractivity contribution in [2.75, 3.05) is 13.2 Å². The van der Waals surface area contributed by atoms with Crippen LogP contribution < -0.4 is 10.1 Å². The molecule has 0 amide bonds. The molecule has 1 aromatic rings. The second-order valence-electron chi connectivity index (χ2n) is 5.09. The Morgan fingerprint density at radius 2 is 2.10 bits per heavy atom. The number of hydrogen-bond acceptors (Lipinski definition) is 3. The molecular weight excluding hydrogens is 344 g/mol. The largest absolute Gasteiger partial charge is 0.483 e. The molecule has 3 atom stereocenters. The van der Waals surface area contributed by atoms with Crippen LogP contribution in [0.5, 0.6) is 5.75 Å². The van der Waals surface area contributed by atoms with Crippen molar-refractivity contribution >= 4 is 15.9 Å². The summed E-state index contributed by atoms with van der Waals surface area (Å²) in [5, 5.41) is 3.32. The molecule has 0 spiro atoms. The summed E-state index contributed by atoms with van der Waals surface area (Å²) in [7, 11) is 0. The second-order valence-corrected chi connectivity index (χ2v) is 5.94. The van der Waals surface area contributed by atoms with E-state index < -0.39 is 11.6 Å². The molecule has 0 saturated heterocycles. The number of likely N-dealkylation sites (N-methyl/N-ethyl adjacent to an activating group) is 1. The predicted molar refractivity (Wildman–Crippen MR) is 80.6 cm³/mol. The number of benzene rings is 1. The van der Waals surface area contributed by atoms with Gasteiger partial charge in [0, 0.05) is 25.1 Å². The number of nitrogens with one attached hydrogen (secondary N) is 1. The van der Waals surface area contributed by atoms with Crippen LogP contribution in [0.2, 0.25) is 0 Å². The zero-order valence-corrected chi connectivity index (χ0v) is 13.8. The van der Waals surface area contributed by atoms with Crippen molar-refractivity contribution in [3.8, 4) is 5.75 Å². The van der Waals surface area contributed by atoms with E-state index in [1.54, 1.807) is 0 Å². The van der Waals surface area contributed by atoms with E-state index in [0.717, 1.165) is 25.5 Å². The first kappa shape index (κ1) is 16.6. The Bertz CT molecular complexity index is 464. The molecule has 3 unspecified atom stereocenters. The number of hydrogen-bond donors (Lipinski definition) is 1. The molecule has 0 aliphatic heterocycles. The Labute approximate surface area is 132 Å². The van der Waals surface area contributed by atoms with Crippen LogP contribution in [0.25, 0.3) is 0 Å². The van der Waals surface area contributed by atoms with E-state index in [0.29, 0.717) is 6.61 Å². The summed E-state index contributed by atoms with van der Waals surface area (Å²) in [4.78, 5) is 0. The van der Waals surface area contributed by atoms with Crippen LogP contribution in [0.3, 0.4) is 0 Å². The van der Waals surface area contributed by atoms with Gasteiger partial charge in [0.15, 0.2) is 11.6 Å². The predicted octanol–water partition coefficient (Wildman–Crippen LogP) is 3.65. The van der Waals surface area contributed by atoms with Gasteiger partial charge in [-0.25, -0.2) is 8.78 Å². The fourth-order valence-electron chi connectivity index (χ4n) is 2.43. The molecule has 1 fully saturated rings. The molecule has 6 heteroatoms. The first-order valence-corrected chi connectivity index (χ1v) is 8.02.